The summed E-state index contributed by atoms with van der Waals surface area (Å²) in [6.07, 6.45) is 1.80. The second-order valence-electron chi connectivity index (χ2n) is 5.72. The summed E-state index contributed by atoms with van der Waals surface area (Å²) >= 11 is 0. The van der Waals surface area contributed by atoms with E-state index < -0.39 is 0 Å². The molecule has 0 radical (unpaired) electrons. The van der Waals surface area contributed by atoms with Gasteiger partial charge >= 0.3 is 0 Å². The molecule has 2 rings (SSSR count). The largest absolute Gasteiger partial charge is 0.487 e. The first-order valence-electron chi connectivity index (χ1n) is 7.48. The summed E-state index contributed by atoms with van der Waals surface area (Å²) in [7, 11) is 0. The number of hydrogen-bond acceptors (Lipinski definition) is 3. The van der Waals surface area contributed by atoms with E-state index in [1.165, 1.54) is 5.56 Å². The van der Waals surface area contributed by atoms with Gasteiger partial charge in [-0.3, -0.25) is 4.98 Å². The van der Waals surface area contributed by atoms with E-state index in [0.717, 1.165) is 30.1 Å². The van der Waals surface area contributed by atoms with Crippen LogP contribution in [0.4, 0.5) is 0 Å². The molecule has 0 saturated heterocycles. The highest BCUT2D eigenvalue weighted by molar-refractivity contribution is 5.27. The fourth-order valence-corrected chi connectivity index (χ4v) is 2.03. The Morgan fingerprint density at radius 1 is 1.14 bits per heavy atom. The average molecular weight is 284 g/mol. The molecule has 112 valence electrons. The van der Waals surface area contributed by atoms with Gasteiger partial charge in [0, 0.05) is 12.7 Å². The summed E-state index contributed by atoms with van der Waals surface area (Å²) in [6, 6.07) is 12.2. The first kappa shape index (κ1) is 15.5. The SMILES string of the molecule is Cc1cccnc1COc1ccc(CNCC(C)C)cc1. The van der Waals surface area contributed by atoms with Crippen molar-refractivity contribution < 1.29 is 4.74 Å². The molecule has 21 heavy (non-hydrogen) atoms. The molecule has 0 saturated carbocycles. The lowest BCUT2D eigenvalue weighted by Gasteiger charge is -2.10. The first-order chi connectivity index (χ1) is 10.1. The maximum atomic E-state index is 5.79. The maximum absolute atomic E-state index is 5.79. The van der Waals surface area contributed by atoms with E-state index in [9.17, 15) is 0 Å². The lowest BCUT2D eigenvalue weighted by molar-refractivity contribution is 0.300. The Balaban J connectivity index is 1.84. The Bertz CT molecular complexity index is 549. The van der Waals surface area contributed by atoms with Crippen LogP contribution in [0.5, 0.6) is 5.75 Å². The van der Waals surface area contributed by atoms with Crippen molar-refractivity contribution in [1.29, 1.82) is 0 Å². The first-order valence-corrected chi connectivity index (χ1v) is 7.48. The number of nitrogens with one attached hydrogen (secondary N) is 1. The van der Waals surface area contributed by atoms with E-state index in [2.05, 4.69) is 49.3 Å². The Hall–Kier alpha value is -1.87. The van der Waals surface area contributed by atoms with Gasteiger partial charge in [-0.25, -0.2) is 0 Å². The van der Waals surface area contributed by atoms with Crippen LogP contribution >= 0.6 is 0 Å². The molecule has 2 aromatic rings. The topological polar surface area (TPSA) is 34.1 Å². The fourth-order valence-electron chi connectivity index (χ4n) is 2.03. The summed E-state index contributed by atoms with van der Waals surface area (Å²) in [5.41, 5.74) is 3.42. The number of benzene rings is 1. The minimum atomic E-state index is 0.512. The zero-order valence-corrected chi connectivity index (χ0v) is 13.1. The Labute approximate surface area is 127 Å². The summed E-state index contributed by atoms with van der Waals surface area (Å²) in [6.45, 7) is 8.93. The summed E-state index contributed by atoms with van der Waals surface area (Å²) in [5.74, 6) is 1.56. The monoisotopic (exact) mass is 284 g/mol. The molecule has 0 spiro atoms. The van der Waals surface area contributed by atoms with Gasteiger partial charge in [0.25, 0.3) is 0 Å². The number of nitrogens with zero attached hydrogens (tertiary/aromatic N) is 1. The van der Waals surface area contributed by atoms with E-state index in [0.29, 0.717) is 12.5 Å². The Morgan fingerprint density at radius 3 is 2.57 bits per heavy atom. The highest BCUT2D eigenvalue weighted by Gasteiger charge is 2.01. The molecule has 0 aliphatic heterocycles. The quantitative estimate of drug-likeness (QED) is 0.841. The molecule has 0 unspecified atom stereocenters. The van der Waals surface area contributed by atoms with Gasteiger partial charge in [-0.1, -0.05) is 32.0 Å². The maximum Gasteiger partial charge on any atom is 0.130 e. The number of ether oxygens (including phenoxy) is 1. The van der Waals surface area contributed by atoms with Crippen LogP contribution in [0, 0.1) is 12.8 Å². The van der Waals surface area contributed by atoms with Crippen LogP contribution < -0.4 is 10.1 Å². The van der Waals surface area contributed by atoms with Crippen molar-refractivity contribution in [2.75, 3.05) is 6.54 Å². The van der Waals surface area contributed by atoms with Gasteiger partial charge in [0.1, 0.15) is 12.4 Å². The van der Waals surface area contributed by atoms with Crippen LogP contribution in [-0.4, -0.2) is 11.5 Å². The Kier molecular flexibility index (Phi) is 5.76. The molecule has 0 aliphatic rings. The van der Waals surface area contributed by atoms with Gasteiger partial charge < -0.3 is 10.1 Å². The molecular formula is C18H24N2O. The van der Waals surface area contributed by atoms with Crippen molar-refractivity contribution in [2.24, 2.45) is 5.92 Å². The summed E-state index contributed by atoms with van der Waals surface area (Å²) in [4.78, 5) is 4.33. The van der Waals surface area contributed by atoms with E-state index >= 15 is 0 Å². The van der Waals surface area contributed by atoms with E-state index in [-0.39, 0.29) is 0 Å². The molecule has 1 aromatic carbocycles. The van der Waals surface area contributed by atoms with Crippen molar-refractivity contribution in [3.05, 3.63) is 59.4 Å². The van der Waals surface area contributed by atoms with Crippen molar-refractivity contribution in [1.82, 2.24) is 10.3 Å². The van der Waals surface area contributed by atoms with Crippen molar-refractivity contribution >= 4 is 0 Å². The van der Waals surface area contributed by atoms with Crippen molar-refractivity contribution in [3.8, 4) is 5.75 Å². The van der Waals surface area contributed by atoms with Crippen LogP contribution in [0.2, 0.25) is 0 Å². The summed E-state index contributed by atoms with van der Waals surface area (Å²) in [5, 5.41) is 3.44. The second kappa shape index (κ2) is 7.79. The van der Waals surface area contributed by atoms with Gasteiger partial charge in [-0.05, 0) is 48.7 Å². The predicted octanol–water partition coefficient (Wildman–Crippen LogP) is 3.71. The second-order valence-corrected chi connectivity index (χ2v) is 5.72. The van der Waals surface area contributed by atoms with Gasteiger partial charge in [0.2, 0.25) is 0 Å². The van der Waals surface area contributed by atoms with Crippen LogP contribution in [0.3, 0.4) is 0 Å². The van der Waals surface area contributed by atoms with Crippen molar-refractivity contribution in [3.63, 3.8) is 0 Å². The predicted molar refractivity (Wildman–Crippen MR) is 86.3 cm³/mol. The normalized spacial score (nSPS) is 10.9. The highest BCUT2D eigenvalue weighted by Crippen LogP contribution is 2.14. The number of aromatic nitrogens is 1. The standard InChI is InChI=1S/C18H24N2O/c1-14(2)11-19-12-16-6-8-17(9-7-16)21-13-18-15(3)5-4-10-20-18/h4-10,14,19H,11-13H2,1-3H3. The van der Waals surface area contributed by atoms with Crippen LogP contribution in [0.25, 0.3) is 0 Å². The van der Waals surface area contributed by atoms with Crippen LogP contribution in [-0.2, 0) is 13.2 Å². The van der Waals surface area contributed by atoms with Gasteiger partial charge in [-0.15, -0.1) is 0 Å². The molecule has 1 aromatic heterocycles. The third-order valence-corrected chi connectivity index (χ3v) is 3.30. The number of aryl methyl sites for hydroxylation is 1. The third kappa shape index (κ3) is 5.20. The molecule has 1 heterocycles. The zero-order chi connectivity index (χ0) is 15.1. The zero-order valence-electron chi connectivity index (χ0n) is 13.1. The summed E-state index contributed by atoms with van der Waals surface area (Å²) < 4.78 is 5.79. The molecule has 3 nitrogen and oxygen atoms in total. The molecular weight excluding hydrogens is 260 g/mol. The molecule has 0 aliphatic carbocycles. The van der Waals surface area contributed by atoms with E-state index in [4.69, 9.17) is 4.74 Å². The molecule has 1 N–H and O–H groups in total. The van der Waals surface area contributed by atoms with Crippen molar-refractivity contribution in [2.45, 2.75) is 33.9 Å². The number of hydrogen-bond donors (Lipinski definition) is 1. The lowest BCUT2D eigenvalue weighted by atomic mass is 10.2. The van der Waals surface area contributed by atoms with Gasteiger partial charge in [0.05, 0.1) is 5.69 Å². The molecule has 0 atom stereocenters. The molecule has 0 fully saturated rings. The third-order valence-electron chi connectivity index (χ3n) is 3.30. The highest BCUT2D eigenvalue weighted by atomic mass is 16.5. The lowest BCUT2D eigenvalue weighted by Crippen LogP contribution is -2.18. The van der Waals surface area contributed by atoms with Crippen LogP contribution in [0.15, 0.2) is 42.6 Å². The van der Waals surface area contributed by atoms with E-state index in [1.807, 2.05) is 18.2 Å². The average Bonchev–Trinajstić information content (AvgIpc) is 2.47. The molecule has 3 heteroatoms. The van der Waals surface area contributed by atoms with Gasteiger partial charge in [0.15, 0.2) is 0 Å². The van der Waals surface area contributed by atoms with Crippen LogP contribution in [0.1, 0.15) is 30.7 Å². The molecule has 0 amide bonds. The Morgan fingerprint density at radius 2 is 1.90 bits per heavy atom. The van der Waals surface area contributed by atoms with Gasteiger partial charge in [-0.2, -0.15) is 0 Å². The molecule has 0 bridgehead atoms. The smallest absolute Gasteiger partial charge is 0.130 e. The fraction of sp³-hybridized carbons (Fsp3) is 0.389. The minimum Gasteiger partial charge on any atom is -0.487 e. The minimum absolute atomic E-state index is 0.512. The number of pyridine rings is 1. The van der Waals surface area contributed by atoms with E-state index in [1.54, 1.807) is 6.20 Å². The number of rotatable bonds is 7.